The number of benzene rings is 1. The van der Waals surface area contributed by atoms with Crippen LogP contribution >= 0.6 is 0 Å². The lowest BCUT2D eigenvalue weighted by atomic mass is 9.93. The summed E-state index contributed by atoms with van der Waals surface area (Å²) in [6.07, 6.45) is -1.22. The molecule has 3 rings (SSSR count). The molecule has 1 N–H and O–H groups in total. The van der Waals surface area contributed by atoms with Crippen molar-refractivity contribution < 1.29 is 23.1 Å². The van der Waals surface area contributed by atoms with Gasteiger partial charge < -0.3 is 5.11 Å². The number of carbonyl (C=O) groups is 1. The smallest absolute Gasteiger partial charge is 0.355 e. The van der Waals surface area contributed by atoms with Crippen molar-refractivity contribution in [3.8, 4) is 0 Å². The van der Waals surface area contributed by atoms with Gasteiger partial charge >= 0.3 is 11.9 Å². The molecule has 1 fully saturated rings. The van der Waals surface area contributed by atoms with Crippen LogP contribution in [0.3, 0.4) is 0 Å². The molecule has 1 aromatic rings. The van der Waals surface area contributed by atoms with Crippen LogP contribution in [0.15, 0.2) is 35.3 Å². The van der Waals surface area contributed by atoms with Crippen LogP contribution in [0.25, 0.3) is 0 Å². The third-order valence-electron chi connectivity index (χ3n) is 4.38. The topological polar surface area (TPSA) is 52.9 Å². The zero-order valence-electron chi connectivity index (χ0n) is 12.4. The summed E-state index contributed by atoms with van der Waals surface area (Å²) >= 11 is 0. The molecule has 1 atom stereocenters. The largest absolute Gasteiger partial charge is 0.448 e. The molecule has 1 amide bonds. The number of amides is 1. The first-order valence-electron chi connectivity index (χ1n) is 7.62. The van der Waals surface area contributed by atoms with E-state index in [-0.39, 0.29) is 11.9 Å². The van der Waals surface area contributed by atoms with Gasteiger partial charge in [-0.25, -0.2) is 4.99 Å². The molecule has 2 aliphatic rings. The minimum Gasteiger partial charge on any atom is -0.355 e. The van der Waals surface area contributed by atoms with Crippen LogP contribution < -0.4 is 0 Å². The Balaban J connectivity index is 2.06. The highest BCUT2D eigenvalue weighted by molar-refractivity contribution is 6.15. The monoisotopic (exact) mass is 326 g/mol. The van der Waals surface area contributed by atoms with Gasteiger partial charge in [0.25, 0.3) is 5.91 Å². The van der Waals surface area contributed by atoms with Crippen LogP contribution in [0.2, 0.25) is 0 Å². The quantitative estimate of drug-likeness (QED) is 0.908. The average molecular weight is 326 g/mol. The van der Waals surface area contributed by atoms with Gasteiger partial charge in [0.05, 0.1) is 0 Å². The first-order chi connectivity index (χ1) is 10.8. The molecule has 0 aromatic heterocycles. The maximum absolute atomic E-state index is 13.2. The highest BCUT2D eigenvalue weighted by Crippen LogP contribution is 2.40. The molecule has 0 radical (unpaired) electrons. The Hall–Kier alpha value is -1.89. The number of halogens is 3. The van der Waals surface area contributed by atoms with Gasteiger partial charge in [-0.1, -0.05) is 49.6 Å². The molecule has 1 saturated carbocycles. The van der Waals surface area contributed by atoms with E-state index in [9.17, 15) is 23.1 Å². The van der Waals surface area contributed by atoms with Crippen molar-refractivity contribution >= 4 is 11.7 Å². The Morgan fingerprint density at radius 2 is 1.74 bits per heavy atom. The van der Waals surface area contributed by atoms with E-state index >= 15 is 0 Å². The summed E-state index contributed by atoms with van der Waals surface area (Å²) in [5, 5.41) is 9.93. The Morgan fingerprint density at radius 3 is 2.30 bits per heavy atom. The molecule has 0 bridgehead atoms. The molecule has 0 spiro atoms. The first kappa shape index (κ1) is 16.0. The molecular formula is C16H17F3N2O2. The predicted molar refractivity (Wildman–Crippen MR) is 77.7 cm³/mol. The molecule has 7 heteroatoms. The predicted octanol–water partition coefficient (Wildman–Crippen LogP) is 2.86. The van der Waals surface area contributed by atoms with E-state index in [0.29, 0.717) is 18.4 Å². The number of hydrogen-bond acceptors (Lipinski definition) is 3. The molecule has 23 heavy (non-hydrogen) atoms. The fraction of sp³-hybridized carbons (Fsp3) is 0.500. The molecule has 1 unspecified atom stereocenters. The molecule has 124 valence electrons. The fourth-order valence-corrected chi connectivity index (χ4v) is 3.17. The third-order valence-corrected chi connectivity index (χ3v) is 4.38. The Bertz CT molecular complexity index is 624. The zero-order chi connectivity index (χ0) is 16.7. The number of nitrogens with zero attached hydrogens (tertiary/aromatic N) is 2. The van der Waals surface area contributed by atoms with Crippen LogP contribution in [0.4, 0.5) is 13.2 Å². The maximum Gasteiger partial charge on any atom is 0.448 e. The number of aliphatic imine (C=N–C) groups is 1. The molecule has 1 aliphatic carbocycles. The number of alkyl halides is 3. The van der Waals surface area contributed by atoms with Gasteiger partial charge in [-0.2, -0.15) is 13.2 Å². The second-order valence-corrected chi connectivity index (χ2v) is 5.94. The third kappa shape index (κ3) is 2.63. The normalized spacial score (nSPS) is 26.5. The van der Waals surface area contributed by atoms with Gasteiger partial charge in [0, 0.05) is 11.6 Å². The van der Waals surface area contributed by atoms with Crippen molar-refractivity contribution in [2.45, 2.75) is 50.0 Å². The maximum atomic E-state index is 13.2. The number of carbonyl (C=O) groups excluding carboxylic acids is 1. The van der Waals surface area contributed by atoms with Crippen molar-refractivity contribution in [3.63, 3.8) is 0 Å². The summed E-state index contributed by atoms with van der Waals surface area (Å²) in [5.41, 5.74) is -3.29. The van der Waals surface area contributed by atoms with Crippen molar-refractivity contribution in [2.75, 3.05) is 0 Å². The van der Waals surface area contributed by atoms with Crippen molar-refractivity contribution in [1.82, 2.24) is 4.90 Å². The van der Waals surface area contributed by atoms with E-state index in [1.807, 2.05) is 0 Å². The second-order valence-electron chi connectivity index (χ2n) is 5.94. The number of hydrogen-bond donors (Lipinski definition) is 1. The lowest BCUT2D eigenvalue weighted by Gasteiger charge is -2.33. The number of amidine groups is 1. The second kappa shape index (κ2) is 5.63. The Morgan fingerprint density at radius 1 is 1.13 bits per heavy atom. The van der Waals surface area contributed by atoms with Gasteiger partial charge in [-0.15, -0.1) is 0 Å². The van der Waals surface area contributed by atoms with Crippen molar-refractivity contribution in [3.05, 3.63) is 35.9 Å². The number of aliphatic hydroxyl groups is 1. The van der Waals surface area contributed by atoms with E-state index in [1.165, 1.54) is 0 Å². The van der Waals surface area contributed by atoms with E-state index in [2.05, 4.69) is 4.99 Å². The summed E-state index contributed by atoms with van der Waals surface area (Å²) in [6, 6.07) is 7.86. The first-order valence-corrected chi connectivity index (χ1v) is 7.62. The van der Waals surface area contributed by atoms with E-state index < -0.39 is 17.8 Å². The van der Waals surface area contributed by atoms with Crippen LogP contribution in [-0.4, -0.2) is 39.7 Å². The van der Waals surface area contributed by atoms with Crippen LogP contribution in [-0.2, 0) is 4.79 Å². The summed E-state index contributed by atoms with van der Waals surface area (Å²) in [6.45, 7) is 0. The molecule has 4 nitrogen and oxygen atoms in total. The molecule has 1 heterocycles. The van der Waals surface area contributed by atoms with Gasteiger partial charge in [-0.05, 0) is 12.8 Å². The van der Waals surface area contributed by atoms with E-state index in [1.54, 1.807) is 30.3 Å². The van der Waals surface area contributed by atoms with E-state index in [0.717, 1.165) is 24.2 Å². The standard InChI is InChI=1S/C16H17F3N2O2/c17-16(18,19)15(23)14(22)21(12-9-5-2-6-10-12)13(20-15)11-7-3-1-4-8-11/h1,3-4,7-8,12,23H,2,5-6,9-10H2. The van der Waals surface area contributed by atoms with Gasteiger partial charge in [0.1, 0.15) is 5.84 Å². The van der Waals surface area contributed by atoms with E-state index in [4.69, 9.17) is 0 Å². The Labute approximate surface area is 131 Å². The molecule has 1 aliphatic heterocycles. The average Bonchev–Trinajstić information content (AvgIpc) is 2.82. The Kier molecular flexibility index (Phi) is 3.91. The van der Waals surface area contributed by atoms with Crippen molar-refractivity contribution in [1.29, 1.82) is 0 Å². The highest BCUT2D eigenvalue weighted by Gasteiger charge is 2.66. The van der Waals surface area contributed by atoms with Gasteiger partial charge in [-0.3, -0.25) is 9.69 Å². The summed E-state index contributed by atoms with van der Waals surface area (Å²) in [5.74, 6) is -1.49. The van der Waals surface area contributed by atoms with Crippen LogP contribution in [0.5, 0.6) is 0 Å². The van der Waals surface area contributed by atoms with Crippen LogP contribution in [0, 0.1) is 0 Å². The zero-order valence-corrected chi connectivity index (χ0v) is 12.4. The number of rotatable bonds is 2. The lowest BCUT2D eigenvalue weighted by molar-refractivity contribution is -0.248. The SMILES string of the molecule is O=C1N(C2CCCCC2)C(c2ccccc2)=NC1(O)C(F)(F)F. The minimum atomic E-state index is -5.15. The minimum absolute atomic E-state index is 0.0951. The summed E-state index contributed by atoms with van der Waals surface area (Å²) < 4.78 is 39.7. The fourth-order valence-electron chi connectivity index (χ4n) is 3.17. The molecule has 1 aromatic carbocycles. The molecular weight excluding hydrogens is 309 g/mol. The summed E-state index contributed by atoms with van der Waals surface area (Å²) in [7, 11) is 0. The molecule has 0 saturated heterocycles. The van der Waals surface area contributed by atoms with Crippen LogP contribution in [0.1, 0.15) is 37.7 Å². The van der Waals surface area contributed by atoms with Crippen molar-refractivity contribution in [2.24, 2.45) is 4.99 Å². The van der Waals surface area contributed by atoms with Gasteiger partial charge in [0.15, 0.2) is 0 Å². The van der Waals surface area contributed by atoms with Gasteiger partial charge in [0.2, 0.25) is 0 Å². The summed E-state index contributed by atoms with van der Waals surface area (Å²) in [4.78, 5) is 16.9. The lowest BCUT2D eigenvalue weighted by Crippen LogP contribution is -2.54. The highest BCUT2D eigenvalue weighted by atomic mass is 19.4.